The van der Waals surface area contributed by atoms with Gasteiger partial charge in [0, 0.05) is 19.6 Å². The second-order valence-electron chi connectivity index (χ2n) is 7.54. The largest absolute Gasteiger partial charge is 0.463 e. The van der Waals surface area contributed by atoms with Crippen molar-refractivity contribution in [3.8, 4) is 6.07 Å². The van der Waals surface area contributed by atoms with E-state index in [0.29, 0.717) is 18.7 Å². The van der Waals surface area contributed by atoms with Crippen LogP contribution < -0.4 is 5.73 Å². The zero-order valence-corrected chi connectivity index (χ0v) is 16.2. The molecule has 0 radical (unpaired) electrons. The number of nitrogens with two attached hydrogens (primary N) is 1. The van der Waals surface area contributed by atoms with Crippen molar-refractivity contribution in [3.63, 3.8) is 0 Å². The van der Waals surface area contributed by atoms with E-state index in [0.717, 1.165) is 12.8 Å². The summed E-state index contributed by atoms with van der Waals surface area (Å²) in [7, 11) is 0. The highest BCUT2D eigenvalue weighted by Crippen LogP contribution is 2.40. The van der Waals surface area contributed by atoms with Gasteiger partial charge in [-0.1, -0.05) is 0 Å². The molecule has 0 unspecified atom stereocenters. The smallest absolute Gasteiger partial charge is 0.306 e. The lowest BCUT2D eigenvalue weighted by Crippen LogP contribution is -2.41. The van der Waals surface area contributed by atoms with E-state index in [1.807, 2.05) is 6.07 Å². The summed E-state index contributed by atoms with van der Waals surface area (Å²) < 4.78 is 17.7. The van der Waals surface area contributed by atoms with Gasteiger partial charge in [0.2, 0.25) is 5.60 Å². The number of rotatable bonds is 5. The van der Waals surface area contributed by atoms with E-state index in [9.17, 15) is 20.3 Å². The van der Waals surface area contributed by atoms with Crippen molar-refractivity contribution in [1.82, 2.24) is 14.6 Å². The summed E-state index contributed by atoms with van der Waals surface area (Å²) in [6, 6.07) is 5.06. The monoisotopic (exact) mass is 417 g/mol. The molecule has 4 rings (SSSR count). The standard InChI is InChI=1S/C19H23N5O6/c20-9-19(14-2-1-12-18(21)22-10-23-24(12)14)17(27)16(26)13(30-19)8-29-15(25)7-11-3-5-28-6-4-11/h1-2,10-11,13,16-17,26-27H,3-8H2,(H2,21,22,23)/t13-,16-,17-,19+/m1/s1. The van der Waals surface area contributed by atoms with Gasteiger partial charge in [0.25, 0.3) is 0 Å². The fourth-order valence-corrected chi connectivity index (χ4v) is 3.97. The number of esters is 1. The Morgan fingerprint density at radius 1 is 1.40 bits per heavy atom. The van der Waals surface area contributed by atoms with Gasteiger partial charge in [-0.3, -0.25) is 4.79 Å². The zero-order chi connectivity index (χ0) is 21.3. The molecule has 0 bridgehead atoms. The van der Waals surface area contributed by atoms with E-state index in [4.69, 9.17) is 19.9 Å². The number of aromatic nitrogens is 3. The summed E-state index contributed by atoms with van der Waals surface area (Å²) in [5, 5.41) is 35.1. The van der Waals surface area contributed by atoms with Gasteiger partial charge in [-0.05, 0) is 30.9 Å². The first-order valence-corrected chi connectivity index (χ1v) is 9.73. The van der Waals surface area contributed by atoms with Crippen LogP contribution in [0.3, 0.4) is 0 Å². The van der Waals surface area contributed by atoms with Crippen molar-refractivity contribution in [1.29, 1.82) is 5.26 Å². The number of ether oxygens (including phenoxy) is 3. The lowest BCUT2D eigenvalue weighted by molar-refractivity contribution is -0.152. The van der Waals surface area contributed by atoms with Gasteiger partial charge in [-0.15, -0.1) is 0 Å². The number of aliphatic hydroxyl groups is 2. The van der Waals surface area contributed by atoms with Crippen LogP contribution in [0.15, 0.2) is 18.5 Å². The minimum Gasteiger partial charge on any atom is -0.463 e. The van der Waals surface area contributed by atoms with Gasteiger partial charge >= 0.3 is 5.97 Å². The Morgan fingerprint density at radius 2 is 2.17 bits per heavy atom. The Labute approximate surface area is 172 Å². The molecule has 2 aromatic heterocycles. The maximum atomic E-state index is 12.2. The molecule has 160 valence electrons. The van der Waals surface area contributed by atoms with Crippen molar-refractivity contribution in [3.05, 3.63) is 24.2 Å². The summed E-state index contributed by atoms with van der Waals surface area (Å²) in [6.45, 7) is 0.960. The van der Waals surface area contributed by atoms with Crippen molar-refractivity contribution in [2.75, 3.05) is 25.6 Å². The summed E-state index contributed by atoms with van der Waals surface area (Å²) >= 11 is 0. The maximum absolute atomic E-state index is 12.2. The van der Waals surface area contributed by atoms with Crippen molar-refractivity contribution >= 4 is 17.3 Å². The molecule has 0 aliphatic carbocycles. The number of aliphatic hydroxyl groups excluding tert-OH is 2. The van der Waals surface area contributed by atoms with Gasteiger partial charge in [0.15, 0.2) is 5.82 Å². The number of fused-ring (bicyclic) bond motifs is 1. The molecule has 2 aliphatic heterocycles. The molecule has 0 amide bonds. The average molecular weight is 417 g/mol. The summed E-state index contributed by atoms with van der Waals surface area (Å²) in [4.78, 5) is 16.1. The van der Waals surface area contributed by atoms with Gasteiger partial charge < -0.3 is 30.2 Å². The van der Waals surface area contributed by atoms with Crippen molar-refractivity contribution < 1.29 is 29.2 Å². The number of nitrogen functional groups attached to an aromatic ring is 1. The van der Waals surface area contributed by atoms with Crippen LogP contribution in [0.25, 0.3) is 5.52 Å². The van der Waals surface area contributed by atoms with Gasteiger partial charge in [-0.25, -0.2) is 9.50 Å². The van der Waals surface area contributed by atoms with E-state index >= 15 is 0 Å². The second kappa shape index (κ2) is 8.16. The number of hydrogen-bond donors (Lipinski definition) is 3. The van der Waals surface area contributed by atoms with Crippen LogP contribution in [0.1, 0.15) is 25.0 Å². The normalized spacial score (nSPS) is 29.7. The number of nitrogens with zero attached hydrogens (tertiary/aromatic N) is 4. The third-order valence-corrected chi connectivity index (χ3v) is 5.69. The molecule has 4 N–H and O–H groups in total. The highest BCUT2D eigenvalue weighted by molar-refractivity contribution is 5.69. The molecule has 0 aromatic carbocycles. The quantitative estimate of drug-likeness (QED) is 0.540. The topological polar surface area (TPSA) is 165 Å². The molecule has 0 spiro atoms. The Morgan fingerprint density at radius 3 is 2.90 bits per heavy atom. The molecule has 11 heteroatoms. The Bertz CT molecular complexity index is 968. The van der Waals surface area contributed by atoms with E-state index in [1.165, 1.54) is 16.9 Å². The molecule has 11 nitrogen and oxygen atoms in total. The molecule has 2 aromatic rings. The molecule has 30 heavy (non-hydrogen) atoms. The summed E-state index contributed by atoms with van der Waals surface area (Å²) in [5.74, 6) is -0.0343. The Balaban J connectivity index is 1.49. The molecule has 0 saturated carbocycles. The fourth-order valence-electron chi connectivity index (χ4n) is 3.97. The third-order valence-electron chi connectivity index (χ3n) is 5.69. The maximum Gasteiger partial charge on any atom is 0.306 e. The highest BCUT2D eigenvalue weighted by atomic mass is 16.6. The van der Waals surface area contributed by atoms with E-state index < -0.39 is 29.9 Å². The molecule has 4 heterocycles. The molecule has 4 atom stereocenters. The Hall–Kier alpha value is -2.78. The van der Waals surface area contributed by atoms with Crippen LogP contribution in [0.5, 0.6) is 0 Å². The van der Waals surface area contributed by atoms with E-state index in [2.05, 4.69) is 10.1 Å². The van der Waals surface area contributed by atoms with Gasteiger partial charge in [-0.2, -0.15) is 10.4 Å². The first-order chi connectivity index (χ1) is 14.5. The molecule has 2 fully saturated rings. The molecule has 2 aliphatic rings. The first-order valence-electron chi connectivity index (χ1n) is 9.73. The number of hydrogen-bond acceptors (Lipinski definition) is 10. The van der Waals surface area contributed by atoms with Crippen LogP contribution in [0.4, 0.5) is 5.82 Å². The van der Waals surface area contributed by atoms with Gasteiger partial charge in [0.05, 0.1) is 5.69 Å². The van der Waals surface area contributed by atoms with E-state index in [-0.39, 0.29) is 30.5 Å². The SMILES string of the molecule is N#C[C@@]1(c2ccc3c(N)ncnn23)O[C@H](COC(=O)CC2CCOCC2)[C@@H](O)[C@H]1O. The number of nitriles is 1. The van der Waals surface area contributed by atoms with Crippen LogP contribution in [0.2, 0.25) is 0 Å². The Kier molecular flexibility index (Phi) is 5.57. The predicted molar refractivity (Wildman–Crippen MR) is 101 cm³/mol. The lowest BCUT2D eigenvalue weighted by atomic mass is 9.92. The van der Waals surface area contributed by atoms with Crippen molar-refractivity contribution in [2.45, 2.75) is 43.2 Å². The zero-order valence-electron chi connectivity index (χ0n) is 16.2. The average Bonchev–Trinajstić information content (AvgIpc) is 3.29. The van der Waals surface area contributed by atoms with E-state index in [1.54, 1.807) is 6.07 Å². The summed E-state index contributed by atoms with van der Waals surface area (Å²) in [6.07, 6.45) is -1.06. The van der Waals surface area contributed by atoms with Gasteiger partial charge in [0.1, 0.15) is 42.8 Å². The third kappa shape index (κ3) is 3.48. The number of anilines is 1. The number of carbonyl (C=O) groups excluding carboxylic acids is 1. The van der Waals surface area contributed by atoms with Crippen LogP contribution in [0, 0.1) is 17.2 Å². The first kappa shape index (κ1) is 20.5. The van der Waals surface area contributed by atoms with Crippen LogP contribution in [-0.4, -0.2) is 68.9 Å². The van der Waals surface area contributed by atoms with Crippen LogP contribution in [-0.2, 0) is 24.6 Å². The minimum absolute atomic E-state index is 0.191. The second-order valence-corrected chi connectivity index (χ2v) is 7.54. The number of carbonyl (C=O) groups is 1. The fraction of sp³-hybridized carbons (Fsp3) is 0.579. The van der Waals surface area contributed by atoms with Crippen LogP contribution >= 0.6 is 0 Å². The van der Waals surface area contributed by atoms with Crippen molar-refractivity contribution in [2.24, 2.45) is 5.92 Å². The summed E-state index contributed by atoms with van der Waals surface area (Å²) in [5.41, 5.74) is 4.54. The predicted octanol–water partition coefficient (Wildman–Crippen LogP) is -0.489. The molecular formula is C19H23N5O6. The molecule has 2 saturated heterocycles. The lowest BCUT2D eigenvalue weighted by Gasteiger charge is -2.24. The molecular weight excluding hydrogens is 394 g/mol. The highest BCUT2D eigenvalue weighted by Gasteiger charge is 2.57. The minimum atomic E-state index is -1.91.